The molecule has 2 heterocycles. The molecule has 1 aliphatic rings. The first-order chi connectivity index (χ1) is 9.78. The lowest BCUT2D eigenvalue weighted by Crippen LogP contribution is -2.40. The number of H-pyrrole nitrogens is 1. The Labute approximate surface area is 118 Å². The number of amides is 1. The number of benzene rings is 1. The molecule has 20 heavy (non-hydrogen) atoms. The van der Waals surface area contributed by atoms with Gasteiger partial charge in [-0.05, 0) is 44.5 Å². The molecule has 0 aliphatic carbocycles. The number of hydrogen-bond donors (Lipinski definition) is 2. The summed E-state index contributed by atoms with van der Waals surface area (Å²) < 4.78 is 0. The van der Waals surface area contributed by atoms with E-state index in [2.05, 4.69) is 15.5 Å². The van der Waals surface area contributed by atoms with Crippen LogP contribution < -0.4 is 5.32 Å². The maximum Gasteiger partial charge on any atom is 0.253 e. The van der Waals surface area contributed by atoms with Crippen LogP contribution in [0.2, 0.25) is 0 Å². The number of aromatic amines is 1. The van der Waals surface area contributed by atoms with Gasteiger partial charge in [0.25, 0.3) is 5.91 Å². The van der Waals surface area contributed by atoms with Gasteiger partial charge in [-0.2, -0.15) is 5.10 Å². The summed E-state index contributed by atoms with van der Waals surface area (Å²) in [5.74, 6) is 0.823. The van der Waals surface area contributed by atoms with Gasteiger partial charge in [0.05, 0.1) is 11.7 Å². The van der Waals surface area contributed by atoms with Gasteiger partial charge in [0.2, 0.25) is 0 Å². The SMILES string of the molecule is CNCC1CCN(C(=O)c2ccc3cn[nH]c3c2)CC1. The Kier molecular flexibility index (Phi) is 3.69. The number of nitrogens with zero attached hydrogens (tertiary/aromatic N) is 2. The molecule has 0 bridgehead atoms. The molecule has 0 saturated carbocycles. The number of hydrogen-bond acceptors (Lipinski definition) is 3. The Morgan fingerprint density at radius 2 is 2.25 bits per heavy atom. The average molecular weight is 272 g/mol. The monoisotopic (exact) mass is 272 g/mol. The second-order valence-corrected chi connectivity index (χ2v) is 5.47. The van der Waals surface area contributed by atoms with E-state index in [1.807, 2.05) is 30.1 Å². The second kappa shape index (κ2) is 5.63. The zero-order chi connectivity index (χ0) is 13.9. The molecule has 1 aliphatic heterocycles. The molecule has 1 aromatic carbocycles. The molecule has 1 fully saturated rings. The van der Waals surface area contributed by atoms with Crippen LogP contribution in [0.25, 0.3) is 10.9 Å². The van der Waals surface area contributed by atoms with Gasteiger partial charge < -0.3 is 10.2 Å². The summed E-state index contributed by atoms with van der Waals surface area (Å²) in [5.41, 5.74) is 1.66. The van der Waals surface area contributed by atoms with E-state index in [-0.39, 0.29) is 5.91 Å². The highest BCUT2D eigenvalue weighted by atomic mass is 16.2. The van der Waals surface area contributed by atoms with Crippen molar-refractivity contribution in [1.82, 2.24) is 20.4 Å². The van der Waals surface area contributed by atoms with Crippen molar-refractivity contribution in [3.05, 3.63) is 30.0 Å². The fourth-order valence-corrected chi connectivity index (χ4v) is 2.88. The molecule has 5 nitrogen and oxygen atoms in total. The van der Waals surface area contributed by atoms with Crippen molar-refractivity contribution in [1.29, 1.82) is 0 Å². The second-order valence-electron chi connectivity index (χ2n) is 5.47. The molecular weight excluding hydrogens is 252 g/mol. The van der Waals surface area contributed by atoms with E-state index in [9.17, 15) is 4.79 Å². The normalized spacial score (nSPS) is 16.8. The minimum Gasteiger partial charge on any atom is -0.339 e. The predicted octanol–water partition coefficient (Wildman–Crippen LogP) is 1.63. The van der Waals surface area contributed by atoms with Crippen molar-refractivity contribution in [2.24, 2.45) is 5.92 Å². The molecule has 1 amide bonds. The van der Waals surface area contributed by atoms with Crippen LogP contribution in [0.5, 0.6) is 0 Å². The summed E-state index contributed by atoms with van der Waals surface area (Å²) in [7, 11) is 1.98. The van der Waals surface area contributed by atoms with Crippen LogP contribution >= 0.6 is 0 Å². The van der Waals surface area contributed by atoms with Crippen molar-refractivity contribution in [3.63, 3.8) is 0 Å². The van der Waals surface area contributed by atoms with E-state index in [1.165, 1.54) is 0 Å². The van der Waals surface area contributed by atoms with Crippen LogP contribution in [0.4, 0.5) is 0 Å². The van der Waals surface area contributed by atoms with E-state index >= 15 is 0 Å². The van der Waals surface area contributed by atoms with Gasteiger partial charge in [0.15, 0.2) is 0 Å². The fourth-order valence-electron chi connectivity index (χ4n) is 2.88. The van der Waals surface area contributed by atoms with Gasteiger partial charge in [-0.1, -0.05) is 6.07 Å². The lowest BCUT2D eigenvalue weighted by atomic mass is 9.96. The van der Waals surface area contributed by atoms with Gasteiger partial charge in [0, 0.05) is 24.0 Å². The summed E-state index contributed by atoms with van der Waals surface area (Å²) >= 11 is 0. The van der Waals surface area contributed by atoms with Crippen molar-refractivity contribution < 1.29 is 4.79 Å². The summed E-state index contributed by atoms with van der Waals surface area (Å²) in [4.78, 5) is 14.5. The number of nitrogens with one attached hydrogen (secondary N) is 2. The van der Waals surface area contributed by atoms with Crippen LogP contribution in [-0.2, 0) is 0 Å². The van der Waals surface area contributed by atoms with Crippen molar-refractivity contribution >= 4 is 16.8 Å². The van der Waals surface area contributed by atoms with Gasteiger partial charge in [0.1, 0.15) is 0 Å². The molecule has 1 saturated heterocycles. The molecule has 0 unspecified atom stereocenters. The molecule has 1 aromatic heterocycles. The minimum absolute atomic E-state index is 0.129. The molecule has 2 N–H and O–H groups in total. The highest BCUT2D eigenvalue weighted by molar-refractivity contribution is 5.97. The highest BCUT2D eigenvalue weighted by Gasteiger charge is 2.23. The quantitative estimate of drug-likeness (QED) is 0.893. The first-order valence-corrected chi connectivity index (χ1v) is 7.15. The molecule has 0 spiro atoms. The number of piperidine rings is 1. The largest absolute Gasteiger partial charge is 0.339 e. The van der Waals surface area contributed by atoms with E-state index in [4.69, 9.17) is 0 Å². The average Bonchev–Trinajstić information content (AvgIpc) is 2.95. The van der Waals surface area contributed by atoms with Gasteiger partial charge in [-0.25, -0.2) is 0 Å². The third kappa shape index (κ3) is 2.54. The van der Waals surface area contributed by atoms with Crippen molar-refractivity contribution in [2.75, 3.05) is 26.7 Å². The first kappa shape index (κ1) is 13.1. The third-order valence-corrected chi connectivity index (χ3v) is 4.08. The standard InChI is InChI=1S/C15H20N4O/c1-16-9-11-4-6-19(7-5-11)15(20)12-2-3-13-10-17-18-14(13)8-12/h2-3,8,10-11,16H,4-7,9H2,1H3,(H,17,18). The Balaban J connectivity index is 1.69. The lowest BCUT2D eigenvalue weighted by molar-refractivity contribution is 0.0691. The van der Waals surface area contributed by atoms with Crippen LogP contribution in [0, 0.1) is 5.92 Å². The molecule has 0 atom stereocenters. The molecule has 5 heteroatoms. The fraction of sp³-hybridized carbons (Fsp3) is 0.467. The van der Waals surface area contributed by atoms with Crippen LogP contribution in [-0.4, -0.2) is 47.7 Å². The van der Waals surface area contributed by atoms with Gasteiger partial charge >= 0.3 is 0 Å². The minimum atomic E-state index is 0.129. The Bertz CT molecular complexity index is 599. The summed E-state index contributed by atoms with van der Waals surface area (Å²) in [5, 5.41) is 11.2. The summed E-state index contributed by atoms with van der Waals surface area (Å²) in [6.07, 6.45) is 3.94. The Hall–Kier alpha value is -1.88. The van der Waals surface area contributed by atoms with Crippen LogP contribution in [0.1, 0.15) is 23.2 Å². The number of carbonyl (C=O) groups is 1. The number of aromatic nitrogens is 2. The molecule has 0 radical (unpaired) electrons. The Morgan fingerprint density at radius 1 is 1.45 bits per heavy atom. The molecule has 3 rings (SSSR count). The first-order valence-electron chi connectivity index (χ1n) is 7.15. The zero-order valence-corrected chi connectivity index (χ0v) is 11.7. The number of likely N-dealkylation sites (tertiary alicyclic amines) is 1. The molecular formula is C15H20N4O. The van der Waals surface area contributed by atoms with Gasteiger partial charge in [-0.3, -0.25) is 9.89 Å². The summed E-state index contributed by atoms with van der Waals surface area (Å²) in [6.45, 7) is 2.75. The molecule has 2 aromatic rings. The van der Waals surface area contributed by atoms with E-state index in [0.717, 1.165) is 48.9 Å². The zero-order valence-electron chi connectivity index (χ0n) is 11.7. The van der Waals surface area contributed by atoms with E-state index in [0.29, 0.717) is 5.92 Å². The lowest BCUT2D eigenvalue weighted by Gasteiger charge is -2.32. The number of fused-ring (bicyclic) bond motifs is 1. The topological polar surface area (TPSA) is 61.0 Å². The van der Waals surface area contributed by atoms with Crippen LogP contribution in [0.3, 0.4) is 0 Å². The maximum atomic E-state index is 12.5. The predicted molar refractivity (Wildman–Crippen MR) is 78.6 cm³/mol. The highest BCUT2D eigenvalue weighted by Crippen LogP contribution is 2.20. The van der Waals surface area contributed by atoms with Gasteiger partial charge in [-0.15, -0.1) is 0 Å². The van der Waals surface area contributed by atoms with E-state index < -0.39 is 0 Å². The summed E-state index contributed by atoms with van der Waals surface area (Å²) in [6, 6.07) is 5.73. The Morgan fingerprint density at radius 3 is 3.00 bits per heavy atom. The van der Waals surface area contributed by atoms with Crippen molar-refractivity contribution in [2.45, 2.75) is 12.8 Å². The van der Waals surface area contributed by atoms with Crippen LogP contribution in [0.15, 0.2) is 24.4 Å². The smallest absolute Gasteiger partial charge is 0.253 e. The number of carbonyl (C=O) groups excluding carboxylic acids is 1. The third-order valence-electron chi connectivity index (χ3n) is 4.08. The van der Waals surface area contributed by atoms with E-state index in [1.54, 1.807) is 6.20 Å². The molecule has 106 valence electrons. The number of rotatable bonds is 3. The van der Waals surface area contributed by atoms with Crippen molar-refractivity contribution in [3.8, 4) is 0 Å². The maximum absolute atomic E-state index is 12.5.